The highest BCUT2D eigenvalue weighted by Crippen LogP contribution is 2.14. The van der Waals surface area contributed by atoms with Crippen LogP contribution in [0.5, 0.6) is 5.75 Å². The average Bonchev–Trinajstić information content (AvgIpc) is 2.83. The van der Waals surface area contributed by atoms with E-state index < -0.39 is 5.97 Å². The number of aromatic carboxylic acids is 1. The summed E-state index contributed by atoms with van der Waals surface area (Å²) in [5, 5.41) is 13.0. The molecule has 20 heavy (non-hydrogen) atoms. The van der Waals surface area contributed by atoms with Gasteiger partial charge in [-0.05, 0) is 30.2 Å². The number of hydrogen-bond donors (Lipinski definition) is 1. The number of carbonyl (C=O) groups is 1. The summed E-state index contributed by atoms with van der Waals surface area (Å²) < 4.78 is 7.41. The van der Waals surface area contributed by atoms with Gasteiger partial charge in [0.2, 0.25) is 0 Å². The van der Waals surface area contributed by atoms with E-state index in [0.717, 1.165) is 12.4 Å². The minimum atomic E-state index is -0.951. The molecule has 6 nitrogen and oxygen atoms in total. The Labute approximate surface area is 117 Å². The van der Waals surface area contributed by atoms with Gasteiger partial charge in [-0.2, -0.15) is 5.10 Å². The first-order valence-corrected chi connectivity index (χ1v) is 6.39. The van der Waals surface area contributed by atoms with E-state index in [4.69, 9.17) is 9.84 Å². The van der Waals surface area contributed by atoms with Gasteiger partial charge in [-0.1, -0.05) is 13.8 Å². The molecule has 0 aliphatic carbocycles. The van der Waals surface area contributed by atoms with Gasteiger partial charge >= 0.3 is 5.97 Å². The standard InChI is InChI=1S/C14H17N3O3/c1-10(2)7-17-13(15-9-16-17)8-20-12-5-3-11(4-6-12)14(18)19/h3-6,9-10H,7-8H2,1-2H3,(H,18,19). The molecular weight excluding hydrogens is 258 g/mol. The summed E-state index contributed by atoms with van der Waals surface area (Å²) in [7, 11) is 0. The molecule has 1 N–H and O–H groups in total. The van der Waals surface area contributed by atoms with Crippen molar-refractivity contribution in [2.24, 2.45) is 5.92 Å². The molecule has 2 rings (SSSR count). The molecule has 0 atom stereocenters. The van der Waals surface area contributed by atoms with E-state index in [0.29, 0.717) is 18.3 Å². The molecule has 0 fully saturated rings. The molecule has 0 aliphatic rings. The van der Waals surface area contributed by atoms with Crippen molar-refractivity contribution >= 4 is 5.97 Å². The second kappa shape index (κ2) is 6.18. The first-order valence-electron chi connectivity index (χ1n) is 6.39. The Bertz CT molecular complexity index is 576. The van der Waals surface area contributed by atoms with Crippen molar-refractivity contribution in [1.82, 2.24) is 14.8 Å². The Morgan fingerprint density at radius 1 is 1.35 bits per heavy atom. The lowest BCUT2D eigenvalue weighted by Gasteiger charge is -2.09. The van der Waals surface area contributed by atoms with Crippen LogP contribution in [0.25, 0.3) is 0 Å². The monoisotopic (exact) mass is 275 g/mol. The highest BCUT2D eigenvalue weighted by molar-refractivity contribution is 5.87. The molecule has 0 amide bonds. The fourth-order valence-electron chi connectivity index (χ4n) is 1.74. The third kappa shape index (κ3) is 3.57. The van der Waals surface area contributed by atoms with Gasteiger partial charge < -0.3 is 9.84 Å². The summed E-state index contributed by atoms with van der Waals surface area (Å²) >= 11 is 0. The van der Waals surface area contributed by atoms with Crippen LogP contribution in [0.4, 0.5) is 0 Å². The van der Waals surface area contributed by atoms with Crippen molar-refractivity contribution < 1.29 is 14.6 Å². The van der Waals surface area contributed by atoms with Crippen LogP contribution in [0.3, 0.4) is 0 Å². The molecule has 106 valence electrons. The van der Waals surface area contributed by atoms with Crippen LogP contribution >= 0.6 is 0 Å². The summed E-state index contributed by atoms with van der Waals surface area (Å²) in [6, 6.07) is 6.28. The van der Waals surface area contributed by atoms with Gasteiger partial charge in [0.1, 0.15) is 18.7 Å². The summed E-state index contributed by atoms with van der Waals surface area (Å²) in [5.74, 6) is 0.883. The maximum atomic E-state index is 10.7. The van der Waals surface area contributed by atoms with E-state index in [1.807, 2.05) is 4.68 Å². The Balaban J connectivity index is 1.98. The van der Waals surface area contributed by atoms with Crippen molar-refractivity contribution in [3.05, 3.63) is 42.0 Å². The highest BCUT2D eigenvalue weighted by Gasteiger charge is 2.07. The maximum absolute atomic E-state index is 10.7. The first-order chi connectivity index (χ1) is 9.56. The fourth-order valence-corrected chi connectivity index (χ4v) is 1.74. The third-order valence-corrected chi connectivity index (χ3v) is 2.70. The zero-order valence-corrected chi connectivity index (χ0v) is 11.5. The van der Waals surface area contributed by atoms with Crippen molar-refractivity contribution in [3.8, 4) is 5.75 Å². The topological polar surface area (TPSA) is 77.2 Å². The molecule has 0 bridgehead atoms. The predicted octanol–water partition coefficient (Wildman–Crippen LogP) is 2.21. The van der Waals surface area contributed by atoms with Crippen LogP contribution in [-0.2, 0) is 13.2 Å². The molecule has 0 radical (unpaired) electrons. The van der Waals surface area contributed by atoms with Crippen LogP contribution in [0.2, 0.25) is 0 Å². The number of carboxylic acid groups (broad SMARTS) is 1. The molecule has 1 heterocycles. The van der Waals surface area contributed by atoms with Crippen LogP contribution in [0.15, 0.2) is 30.6 Å². The second-order valence-corrected chi connectivity index (χ2v) is 4.87. The van der Waals surface area contributed by atoms with E-state index in [1.54, 1.807) is 12.1 Å². The molecule has 0 unspecified atom stereocenters. The molecular formula is C14H17N3O3. The SMILES string of the molecule is CC(C)Cn1ncnc1COc1ccc(C(=O)O)cc1. The van der Waals surface area contributed by atoms with Crippen molar-refractivity contribution in [1.29, 1.82) is 0 Å². The lowest BCUT2D eigenvalue weighted by atomic mass is 10.2. The lowest BCUT2D eigenvalue weighted by Crippen LogP contribution is -2.12. The fraction of sp³-hybridized carbons (Fsp3) is 0.357. The van der Waals surface area contributed by atoms with E-state index in [1.165, 1.54) is 18.5 Å². The zero-order chi connectivity index (χ0) is 14.5. The predicted molar refractivity (Wildman–Crippen MR) is 72.6 cm³/mol. The van der Waals surface area contributed by atoms with Gasteiger partial charge in [-0.3, -0.25) is 0 Å². The molecule has 0 spiro atoms. The minimum absolute atomic E-state index is 0.236. The van der Waals surface area contributed by atoms with E-state index in [-0.39, 0.29) is 5.56 Å². The smallest absolute Gasteiger partial charge is 0.335 e. The summed E-state index contributed by atoms with van der Waals surface area (Å²) in [6.45, 7) is 5.31. The number of aromatic nitrogens is 3. The second-order valence-electron chi connectivity index (χ2n) is 4.87. The van der Waals surface area contributed by atoms with Crippen LogP contribution in [0.1, 0.15) is 30.0 Å². The Morgan fingerprint density at radius 3 is 2.65 bits per heavy atom. The Kier molecular flexibility index (Phi) is 4.34. The van der Waals surface area contributed by atoms with Crippen molar-refractivity contribution in [2.45, 2.75) is 27.0 Å². The number of carboxylic acids is 1. The van der Waals surface area contributed by atoms with Crippen LogP contribution < -0.4 is 4.74 Å². The highest BCUT2D eigenvalue weighted by atomic mass is 16.5. The van der Waals surface area contributed by atoms with Gasteiger partial charge in [0, 0.05) is 6.54 Å². The zero-order valence-electron chi connectivity index (χ0n) is 11.5. The maximum Gasteiger partial charge on any atom is 0.335 e. The summed E-state index contributed by atoms with van der Waals surface area (Å²) in [5.41, 5.74) is 0.236. The largest absolute Gasteiger partial charge is 0.486 e. The summed E-state index contributed by atoms with van der Waals surface area (Å²) in [6.07, 6.45) is 1.51. The number of nitrogens with zero attached hydrogens (tertiary/aromatic N) is 3. The Morgan fingerprint density at radius 2 is 2.05 bits per heavy atom. The summed E-state index contributed by atoms with van der Waals surface area (Å²) in [4.78, 5) is 14.9. The Hall–Kier alpha value is -2.37. The van der Waals surface area contributed by atoms with E-state index in [2.05, 4.69) is 23.9 Å². The normalized spacial score (nSPS) is 10.8. The van der Waals surface area contributed by atoms with Crippen molar-refractivity contribution in [2.75, 3.05) is 0 Å². The lowest BCUT2D eigenvalue weighted by molar-refractivity contribution is 0.0697. The van der Waals surface area contributed by atoms with Crippen molar-refractivity contribution in [3.63, 3.8) is 0 Å². The molecule has 0 saturated carbocycles. The quantitative estimate of drug-likeness (QED) is 0.874. The minimum Gasteiger partial charge on any atom is -0.486 e. The molecule has 0 aliphatic heterocycles. The molecule has 0 saturated heterocycles. The van der Waals surface area contributed by atoms with E-state index >= 15 is 0 Å². The number of hydrogen-bond acceptors (Lipinski definition) is 4. The van der Waals surface area contributed by atoms with Gasteiger partial charge in [0.05, 0.1) is 5.56 Å². The average molecular weight is 275 g/mol. The number of benzene rings is 1. The van der Waals surface area contributed by atoms with E-state index in [9.17, 15) is 4.79 Å². The molecule has 1 aromatic heterocycles. The first kappa shape index (κ1) is 14.0. The van der Waals surface area contributed by atoms with Gasteiger partial charge in [0.15, 0.2) is 5.82 Å². The number of rotatable bonds is 6. The van der Waals surface area contributed by atoms with Gasteiger partial charge in [-0.15, -0.1) is 0 Å². The molecule has 2 aromatic rings. The molecule has 1 aromatic carbocycles. The van der Waals surface area contributed by atoms with Gasteiger partial charge in [0.25, 0.3) is 0 Å². The van der Waals surface area contributed by atoms with Crippen LogP contribution in [0, 0.1) is 5.92 Å². The van der Waals surface area contributed by atoms with Crippen LogP contribution in [-0.4, -0.2) is 25.8 Å². The number of ether oxygens (including phenoxy) is 1. The molecule has 6 heteroatoms. The van der Waals surface area contributed by atoms with Gasteiger partial charge in [-0.25, -0.2) is 14.5 Å². The third-order valence-electron chi connectivity index (χ3n) is 2.70.